The number of nitrogens with two attached hydrogens (primary N) is 1. The van der Waals surface area contributed by atoms with E-state index in [1.165, 1.54) is 19.4 Å². The Morgan fingerprint density at radius 2 is 2.45 bits per heavy atom. The monoisotopic (exact) mass is 345 g/mol. The molecule has 2 atom stereocenters. The number of nitrogens with one attached hydrogen (secondary N) is 1. The number of fused-ring (bicyclic) bond motifs is 1. The van der Waals surface area contributed by atoms with E-state index in [4.69, 9.17) is 5.73 Å². The molecule has 2 saturated heterocycles. The van der Waals surface area contributed by atoms with Gasteiger partial charge in [0.15, 0.2) is 0 Å². The molecule has 2 aliphatic rings. The Bertz CT molecular complexity index is 164. The van der Waals surface area contributed by atoms with E-state index >= 15 is 0 Å². The number of nitrogens with zero attached hydrogens (tertiary/aromatic N) is 1. The number of piperidine rings is 1. The van der Waals surface area contributed by atoms with E-state index in [0.717, 1.165) is 45.1 Å². The van der Waals surface area contributed by atoms with Crippen molar-refractivity contribution in [2.24, 2.45) is 11.7 Å². The third-order valence-electron chi connectivity index (χ3n) is 2.83. The van der Waals surface area contributed by atoms with Gasteiger partial charge in [-0.25, -0.2) is 0 Å². The fourth-order valence-electron chi connectivity index (χ4n) is 2.19. The van der Waals surface area contributed by atoms with Crippen molar-refractivity contribution in [2.75, 3.05) is 19.6 Å². The molecule has 3 nitrogen and oxygen atoms in total. The van der Waals surface area contributed by atoms with Crippen molar-refractivity contribution in [3.63, 3.8) is 0 Å². The van der Waals surface area contributed by atoms with Gasteiger partial charge in [0.2, 0.25) is 0 Å². The molecule has 0 saturated carbocycles. The van der Waals surface area contributed by atoms with E-state index < -0.39 is 0 Å². The topological polar surface area (TPSA) is 41.3 Å². The van der Waals surface area contributed by atoms with E-state index in [0.29, 0.717) is 0 Å². The Kier molecular flexibility index (Phi) is 2.24. The van der Waals surface area contributed by atoms with Crippen LogP contribution in [0.2, 0.25) is 0 Å². The van der Waals surface area contributed by atoms with Crippen molar-refractivity contribution >= 4 is 26.1 Å². The van der Waals surface area contributed by atoms with Gasteiger partial charge < -0.3 is 0 Å². The Morgan fingerprint density at radius 1 is 1.64 bits per heavy atom. The van der Waals surface area contributed by atoms with Crippen molar-refractivity contribution < 1.29 is 0 Å². The van der Waals surface area contributed by atoms with Gasteiger partial charge in [-0.15, -0.1) is 0 Å². The summed E-state index contributed by atoms with van der Waals surface area (Å²) in [7, 11) is 0. The normalized spacial score (nSPS) is 45.6. The van der Waals surface area contributed by atoms with Gasteiger partial charge in [0.05, 0.1) is 0 Å². The summed E-state index contributed by atoms with van der Waals surface area (Å²) in [6.45, 7) is 3.45. The number of hydrogen-bond acceptors (Lipinski definition) is 3. The van der Waals surface area contributed by atoms with Crippen molar-refractivity contribution in [1.82, 2.24) is 8.03 Å². The van der Waals surface area contributed by atoms with Crippen LogP contribution in [0.4, 0.5) is 0 Å². The minimum atomic E-state index is -0.0208. The van der Waals surface area contributed by atoms with Crippen LogP contribution in [0, 0.1) is 5.92 Å². The first kappa shape index (κ1) is 8.40. The SMILES string of the molecule is N[C@]12C[N]([Tl])C[C@H]1CCCN2. The first-order valence-electron chi connectivity index (χ1n) is 4.24. The van der Waals surface area contributed by atoms with E-state index in [2.05, 4.69) is 8.03 Å². The molecule has 0 unspecified atom stereocenters. The Hall–Kier alpha value is 0.802. The van der Waals surface area contributed by atoms with E-state index in [9.17, 15) is 0 Å². The molecule has 4 heteroatoms. The molecular formula is C7H14N3Tl. The predicted molar refractivity (Wildman–Crippen MR) is 45.0 cm³/mol. The van der Waals surface area contributed by atoms with Gasteiger partial charge >= 0.3 is 83.9 Å². The molecular weight excluding hydrogens is 330 g/mol. The molecule has 11 heavy (non-hydrogen) atoms. The van der Waals surface area contributed by atoms with Crippen LogP contribution >= 0.6 is 0 Å². The first-order chi connectivity index (χ1) is 5.21. The molecule has 2 aliphatic heterocycles. The van der Waals surface area contributed by atoms with Crippen LogP contribution in [0.15, 0.2) is 0 Å². The van der Waals surface area contributed by atoms with Crippen LogP contribution in [-0.2, 0) is 0 Å². The first-order valence-corrected chi connectivity index (χ1v) is 6.25. The van der Waals surface area contributed by atoms with Crippen molar-refractivity contribution in [3.05, 3.63) is 0 Å². The van der Waals surface area contributed by atoms with Gasteiger partial charge in [-0.3, -0.25) is 0 Å². The van der Waals surface area contributed by atoms with E-state index in [1.807, 2.05) is 0 Å². The zero-order valence-corrected chi connectivity index (χ0v) is 11.2. The van der Waals surface area contributed by atoms with Gasteiger partial charge in [-0.2, -0.15) is 0 Å². The standard InChI is InChI=1S/C7H14N3.Tl/c8-7-5-9-4-6(7)2-1-3-10-7;/h6,10H,1-5,8H2;/q-1;+1/t6-,7+;/m1./s1. The van der Waals surface area contributed by atoms with Gasteiger partial charge in [0.25, 0.3) is 0 Å². The Labute approximate surface area is 83.8 Å². The summed E-state index contributed by atoms with van der Waals surface area (Å²) in [5.41, 5.74) is 6.21. The molecule has 3 N–H and O–H groups in total. The summed E-state index contributed by atoms with van der Waals surface area (Å²) in [6.07, 6.45) is 2.63. The van der Waals surface area contributed by atoms with Crippen LogP contribution in [0.25, 0.3) is 0 Å². The second kappa shape index (κ2) is 2.94. The second-order valence-electron chi connectivity index (χ2n) is 3.74. The zero-order valence-electron chi connectivity index (χ0n) is 6.71. The predicted octanol–water partition coefficient (Wildman–Crippen LogP) is -0.960. The average Bonchev–Trinajstić information content (AvgIpc) is 2.22. The van der Waals surface area contributed by atoms with Gasteiger partial charge in [-0.05, 0) is 0 Å². The molecule has 2 heterocycles. The Morgan fingerprint density at radius 3 is 3.18 bits per heavy atom. The molecule has 2 fully saturated rings. The van der Waals surface area contributed by atoms with Crippen molar-refractivity contribution in [1.29, 1.82) is 0 Å². The fourth-order valence-corrected chi connectivity index (χ4v) is 4.36. The van der Waals surface area contributed by atoms with Crippen LogP contribution in [0.3, 0.4) is 0 Å². The molecule has 0 amide bonds. The number of hydrogen-bond donors (Lipinski definition) is 2. The van der Waals surface area contributed by atoms with Crippen LogP contribution in [0.1, 0.15) is 12.8 Å². The third kappa shape index (κ3) is 1.48. The molecule has 0 aromatic carbocycles. The summed E-state index contributed by atoms with van der Waals surface area (Å²) in [4.78, 5) is 0. The van der Waals surface area contributed by atoms with E-state index in [1.54, 1.807) is 0 Å². The molecule has 0 radical (unpaired) electrons. The molecule has 0 aromatic heterocycles. The minimum absolute atomic E-state index is 0.0208. The summed E-state index contributed by atoms with van der Waals surface area (Å²) in [5, 5.41) is 3.45. The quantitative estimate of drug-likeness (QED) is 0.556. The van der Waals surface area contributed by atoms with Gasteiger partial charge in [-0.1, -0.05) is 0 Å². The van der Waals surface area contributed by atoms with Gasteiger partial charge in [0, 0.05) is 0 Å². The van der Waals surface area contributed by atoms with Crippen molar-refractivity contribution in [3.8, 4) is 0 Å². The summed E-state index contributed by atoms with van der Waals surface area (Å²) in [5.74, 6) is 0.723. The van der Waals surface area contributed by atoms with Gasteiger partial charge in [0.1, 0.15) is 0 Å². The average molecular weight is 345 g/mol. The third-order valence-corrected chi connectivity index (χ3v) is 4.36. The van der Waals surface area contributed by atoms with Crippen molar-refractivity contribution in [2.45, 2.75) is 18.5 Å². The van der Waals surface area contributed by atoms with Crippen LogP contribution in [0.5, 0.6) is 0 Å². The molecule has 0 bridgehead atoms. The zero-order chi connectivity index (χ0) is 7.90. The summed E-state index contributed by atoms with van der Waals surface area (Å²) in [6, 6.07) is 0. The summed E-state index contributed by atoms with van der Waals surface area (Å²) < 4.78 is 2.49. The maximum absolute atomic E-state index is 6.23. The molecule has 0 aliphatic carbocycles. The molecule has 0 spiro atoms. The molecule has 2 rings (SSSR count). The molecule has 60 valence electrons. The van der Waals surface area contributed by atoms with Crippen LogP contribution in [-0.4, -0.2) is 54.1 Å². The van der Waals surface area contributed by atoms with Crippen LogP contribution < -0.4 is 11.1 Å². The Balaban J connectivity index is 2.11. The number of rotatable bonds is 0. The van der Waals surface area contributed by atoms with E-state index in [-0.39, 0.29) is 5.66 Å². The molecule has 0 aromatic rings. The second-order valence-corrected chi connectivity index (χ2v) is 6.57. The fraction of sp³-hybridized carbons (Fsp3) is 1.00. The maximum atomic E-state index is 6.23. The summed E-state index contributed by atoms with van der Waals surface area (Å²) >= 11 is 0.966.